The lowest BCUT2D eigenvalue weighted by atomic mass is 10.1. The Bertz CT molecular complexity index is 1360. The van der Waals surface area contributed by atoms with Gasteiger partial charge in [-0.25, -0.2) is 0 Å². The van der Waals surface area contributed by atoms with Gasteiger partial charge in [0.2, 0.25) is 17.6 Å². The third-order valence-corrected chi connectivity index (χ3v) is 7.25. The number of benzene rings is 1. The minimum absolute atomic E-state index is 0.184. The Hall–Kier alpha value is -3.77. The molecule has 0 fully saturated rings. The van der Waals surface area contributed by atoms with Gasteiger partial charge in [0, 0.05) is 20.9 Å². The van der Waals surface area contributed by atoms with Gasteiger partial charge in [0.05, 0.1) is 20.8 Å². The largest absolute Gasteiger partial charge is 0.493 e. The Morgan fingerprint density at radius 3 is 2.42 bits per heavy atom. The highest BCUT2D eigenvalue weighted by molar-refractivity contribution is 7.10. The summed E-state index contributed by atoms with van der Waals surface area (Å²) in [5.74, 6) is 0.891. The van der Waals surface area contributed by atoms with Crippen LogP contribution in [0, 0.1) is 0 Å². The van der Waals surface area contributed by atoms with E-state index in [4.69, 9.17) is 9.47 Å². The van der Waals surface area contributed by atoms with Crippen molar-refractivity contribution in [3.63, 3.8) is 0 Å². The number of hydrogen-bond acceptors (Lipinski definition) is 9. The van der Waals surface area contributed by atoms with Crippen LogP contribution in [0.5, 0.6) is 11.5 Å². The predicted octanol–water partition coefficient (Wildman–Crippen LogP) is 4.17. The SMILES string of the molecule is COc1ccc(-c2nnn(CC(=O)N(Cc3cccs3)[C@H](C(=O)NC(C)(C)C)c3cccs3)n2)cc1OC. The van der Waals surface area contributed by atoms with Crippen LogP contribution in [0.2, 0.25) is 0 Å². The molecule has 4 rings (SSSR count). The minimum atomic E-state index is -0.808. The summed E-state index contributed by atoms with van der Waals surface area (Å²) in [6.45, 7) is 5.83. The van der Waals surface area contributed by atoms with Gasteiger partial charge in [0.15, 0.2) is 11.5 Å². The van der Waals surface area contributed by atoms with Crippen molar-refractivity contribution in [2.75, 3.05) is 14.2 Å². The first-order valence-electron chi connectivity index (χ1n) is 11.9. The Morgan fingerprint density at radius 1 is 1.05 bits per heavy atom. The summed E-state index contributed by atoms with van der Waals surface area (Å²) in [6.07, 6.45) is 0. The second-order valence-electron chi connectivity index (χ2n) is 9.47. The van der Waals surface area contributed by atoms with Crippen LogP contribution in [-0.4, -0.2) is 56.7 Å². The van der Waals surface area contributed by atoms with Crippen LogP contribution in [-0.2, 0) is 22.7 Å². The smallest absolute Gasteiger partial charge is 0.248 e. The summed E-state index contributed by atoms with van der Waals surface area (Å²) in [6, 6.07) is 12.1. The van der Waals surface area contributed by atoms with Gasteiger partial charge in [-0.05, 0) is 67.1 Å². The zero-order valence-electron chi connectivity index (χ0n) is 21.9. The van der Waals surface area contributed by atoms with E-state index in [9.17, 15) is 9.59 Å². The van der Waals surface area contributed by atoms with E-state index < -0.39 is 11.6 Å². The lowest BCUT2D eigenvalue weighted by Crippen LogP contribution is -2.49. The molecule has 200 valence electrons. The van der Waals surface area contributed by atoms with Crippen LogP contribution in [0.1, 0.15) is 36.6 Å². The van der Waals surface area contributed by atoms with Crippen LogP contribution in [0.3, 0.4) is 0 Å². The molecule has 10 nitrogen and oxygen atoms in total. The van der Waals surface area contributed by atoms with Crippen LogP contribution in [0.4, 0.5) is 0 Å². The van der Waals surface area contributed by atoms with E-state index in [1.165, 1.54) is 27.5 Å². The molecule has 38 heavy (non-hydrogen) atoms. The fraction of sp³-hybridized carbons (Fsp3) is 0.346. The van der Waals surface area contributed by atoms with Gasteiger partial charge >= 0.3 is 0 Å². The van der Waals surface area contributed by atoms with Gasteiger partial charge in [-0.2, -0.15) is 4.80 Å². The quantitative estimate of drug-likeness (QED) is 0.313. The molecule has 0 saturated heterocycles. The number of rotatable bonds is 10. The van der Waals surface area contributed by atoms with E-state index in [2.05, 4.69) is 20.7 Å². The maximum Gasteiger partial charge on any atom is 0.248 e. The molecule has 3 aromatic heterocycles. The lowest BCUT2D eigenvalue weighted by Gasteiger charge is -2.32. The number of aromatic nitrogens is 4. The average Bonchev–Trinajstić information content (AvgIpc) is 3.66. The van der Waals surface area contributed by atoms with Crippen molar-refractivity contribution >= 4 is 34.5 Å². The van der Waals surface area contributed by atoms with E-state index in [0.29, 0.717) is 22.9 Å². The first-order chi connectivity index (χ1) is 18.2. The Morgan fingerprint density at radius 2 is 1.79 bits per heavy atom. The second kappa shape index (κ2) is 11.7. The summed E-state index contributed by atoms with van der Waals surface area (Å²) in [5, 5.41) is 19.5. The zero-order chi connectivity index (χ0) is 27.3. The number of amides is 2. The van der Waals surface area contributed by atoms with Gasteiger partial charge in [0.1, 0.15) is 12.6 Å². The van der Waals surface area contributed by atoms with Gasteiger partial charge in [-0.1, -0.05) is 12.1 Å². The maximum absolute atomic E-state index is 13.8. The second-order valence-corrected chi connectivity index (χ2v) is 11.5. The molecule has 0 bridgehead atoms. The molecule has 1 N–H and O–H groups in total. The van der Waals surface area contributed by atoms with Gasteiger partial charge in [-0.15, -0.1) is 32.9 Å². The molecule has 0 spiro atoms. The van der Waals surface area contributed by atoms with Crippen molar-refractivity contribution in [2.24, 2.45) is 0 Å². The molecule has 0 aliphatic heterocycles. The van der Waals surface area contributed by atoms with Crippen LogP contribution in [0.25, 0.3) is 11.4 Å². The molecule has 0 radical (unpaired) electrons. The van der Waals surface area contributed by atoms with Gasteiger partial charge in [-0.3, -0.25) is 9.59 Å². The van der Waals surface area contributed by atoms with Crippen LogP contribution in [0.15, 0.2) is 53.2 Å². The molecule has 12 heteroatoms. The number of nitrogens with one attached hydrogen (secondary N) is 1. The van der Waals surface area contributed by atoms with E-state index in [1.807, 2.05) is 55.8 Å². The first kappa shape index (κ1) is 27.3. The highest BCUT2D eigenvalue weighted by atomic mass is 32.1. The topological polar surface area (TPSA) is 111 Å². The van der Waals surface area contributed by atoms with Crippen LogP contribution < -0.4 is 14.8 Å². The molecule has 2 amide bonds. The van der Waals surface area contributed by atoms with Crippen molar-refractivity contribution in [3.05, 3.63) is 63.0 Å². The molecular formula is C26H30N6O4S2. The molecule has 0 unspecified atom stereocenters. The van der Waals surface area contributed by atoms with E-state index in [-0.39, 0.29) is 24.9 Å². The molecule has 4 aromatic rings. The summed E-state index contributed by atoms with van der Waals surface area (Å²) in [7, 11) is 3.11. The van der Waals surface area contributed by atoms with Crippen LogP contribution >= 0.6 is 22.7 Å². The van der Waals surface area contributed by atoms with Gasteiger partial charge < -0.3 is 19.7 Å². The Balaban J connectivity index is 1.62. The first-order valence-corrected chi connectivity index (χ1v) is 13.6. The maximum atomic E-state index is 13.8. The summed E-state index contributed by atoms with van der Waals surface area (Å²) < 4.78 is 10.7. The molecule has 0 aliphatic rings. The molecule has 0 aliphatic carbocycles. The van der Waals surface area contributed by atoms with Crippen molar-refractivity contribution in [2.45, 2.75) is 45.4 Å². The molecule has 1 aromatic carbocycles. The zero-order valence-corrected chi connectivity index (χ0v) is 23.5. The number of tetrazole rings is 1. The number of hydrogen-bond donors (Lipinski definition) is 1. The standard InChI is InChI=1S/C26H30N6O4S2/c1-26(2,3)27-25(34)23(21-9-7-13-38-21)31(15-18-8-6-12-37-18)22(33)16-32-29-24(28-30-32)17-10-11-19(35-4)20(14-17)36-5/h6-14,23H,15-16H2,1-5H3,(H,27,34)/t23-/m0/s1. The number of thiophene rings is 2. The van der Waals surface area contributed by atoms with E-state index in [1.54, 1.807) is 37.3 Å². The van der Waals surface area contributed by atoms with Crippen molar-refractivity contribution in [1.29, 1.82) is 0 Å². The fourth-order valence-electron chi connectivity index (χ4n) is 3.82. The molecular weight excluding hydrogens is 524 g/mol. The predicted molar refractivity (Wildman–Crippen MR) is 146 cm³/mol. The Labute approximate surface area is 229 Å². The lowest BCUT2D eigenvalue weighted by molar-refractivity contribution is -0.142. The number of ether oxygens (including phenoxy) is 2. The highest BCUT2D eigenvalue weighted by Crippen LogP contribution is 2.31. The summed E-state index contributed by atoms with van der Waals surface area (Å²) >= 11 is 2.96. The van der Waals surface area contributed by atoms with Crippen molar-refractivity contribution in [1.82, 2.24) is 30.4 Å². The van der Waals surface area contributed by atoms with Crippen molar-refractivity contribution in [3.8, 4) is 22.9 Å². The number of carbonyl (C=O) groups is 2. The van der Waals surface area contributed by atoms with Crippen molar-refractivity contribution < 1.29 is 19.1 Å². The summed E-state index contributed by atoms with van der Waals surface area (Å²) in [4.78, 5) is 31.8. The molecule has 0 saturated carbocycles. The molecule has 1 atom stereocenters. The van der Waals surface area contributed by atoms with Gasteiger partial charge in [0.25, 0.3) is 0 Å². The molecule has 3 heterocycles. The fourth-order valence-corrected chi connectivity index (χ4v) is 5.35. The monoisotopic (exact) mass is 554 g/mol. The number of methoxy groups -OCH3 is 2. The average molecular weight is 555 g/mol. The number of carbonyl (C=O) groups excluding carboxylic acids is 2. The Kier molecular flexibility index (Phi) is 8.42. The van der Waals surface area contributed by atoms with E-state index in [0.717, 1.165) is 9.75 Å². The normalized spacial score (nSPS) is 12.1. The number of nitrogens with zero attached hydrogens (tertiary/aromatic N) is 5. The minimum Gasteiger partial charge on any atom is -0.493 e. The van der Waals surface area contributed by atoms with E-state index >= 15 is 0 Å². The third-order valence-electron chi connectivity index (χ3n) is 5.47. The summed E-state index contributed by atoms with van der Waals surface area (Å²) in [5.41, 5.74) is 0.198. The highest BCUT2D eigenvalue weighted by Gasteiger charge is 2.34. The third kappa shape index (κ3) is 6.56.